The van der Waals surface area contributed by atoms with Crippen molar-refractivity contribution in [1.29, 1.82) is 0 Å². The zero-order valence-corrected chi connectivity index (χ0v) is 14.9. The molecule has 1 aliphatic carbocycles. The molecule has 0 spiro atoms. The summed E-state index contributed by atoms with van der Waals surface area (Å²) in [7, 11) is 0. The Bertz CT molecular complexity index is 471. The lowest BCUT2D eigenvalue weighted by Crippen LogP contribution is -2.49. The van der Waals surface area contributed by atoms with Gasteiger partial charge in [-0.2, -0.15) is 0 Å². The summed E-state index contributed by atoms with van der Waals surface area (Å²) in [6.07, 6.45) is 8.49. The highest BCUT2D eigenvalue weighted by atomic mass is 35.5. The highest BCUT2D eigenvalue weighted by molar-refractivity contribution is 6.34. The number of anilines is 1. The Balaban J connectivity index is 2.44. The van der Waals surface area contributed by atoms with Crippen LogP contribution in [0.2, 0.25) is 5.02 Å². The van der Waals surface area contributed by atoms with E-state index in [1.807, 2.05) is 6.20 Å². The molecule has 0 radical (unpaired) electrons. The van der Waals surface area contributed by atoms with Crippen molar-refractivity contribution < 1.29 is 0 Å². The van der Waals surface area contributed by atoms with Gasteiger partial charge in [-0.3, -0.25) is 4.98 Å². The normalized spacial score (nSPS) is 17.3. The Morgan fingerprint density at radius 1 is 1.19 bits per heavy atom. The average molecular weight is 309 g/mol. The molecule has 3 heteroatoms. The van der Waals surface area contributed by atoms with Crippen LogP contribution in [-0.2, 0) is 0 Å². The Hall–Kier alpha value is -0.760. The van der Waals surface area contributed by atoms with E-state index in [2.05, 4.69) is 50.6 Å². The van der Waals surface area contributed by atoms with E-state index in [1.54, 1.807) is 0 Å². The second kappa shape index (κ2) is 6.56. The van der Waals surface area contributed by atoms with Gasteiger partial charge < -0.3 is 4.90 Å². The maximum atomic E-state index is 6.72. The van der Waals surface area contributed by atoms with E-state index < -0.39 is 0 Å². The second-order valence-corrected chi connectivity index (χ2v) is 7.89. The van der Waals surface area contributed by atoms with E-state index in [9.17, 15) is 0 Å². The molecule has 0 atom stereocenters. The van der Waals surface area contributed by atoms with Gasteiger partial charge in [-0.1, -0.05) is 44.7 Å². The summed E-state index contributed by atoms with van der Waals surface area (Å²) in [4.78, 5) is 7.03. The summed E-state index contributed by atoms with van der Waals surface area (Å²) in [5.41, 5.74) is 2.25. The molecule has 0 unspecified atom stereocenters. The van der Waals surface area contributed by atoms with Crippen LogP contribution in [-0.4, -0.2) is 16.6 Å². The number of hydrogen-bond donors (Lipinski definition) is 0. The van der Waals surface area contributed by atoms with Gasteiger partial charge in [-0.25, -0.2) is 0 Å². The molecule has 1 aromatic rings. The summed E-state index contributed by atoms with van der Waals surface area (Å²) >= 11 is 6.72. The van der Waals surface area contributed by atoms with Gasteiger partial charge in [0.25, 0.3) is 0 Å². The lowest BCUT2D eigenvalue weighted by atomic mass is 9.90. The summed E-state index contributed by atoms with van der Waals surface area (Å²) in [6, 6.07) is 2.69. The van der Waals surface area contributed by atoms with Crippen LogP contribution in [0.4, 0.5) is 5.69 Å². The highest BCUT2D eigenvalue weighted by Gasteiger charge is 2.32. The fraction of sp³-hybridized carbons (Fsp3) is 0.722. The third-order valence-corrected chi connectivity index (χ3v) is 4.75. The predicted molar refractivity (Wildman–Crippen MR) is 92.4 cm³/mol. The van der Waals surface area contributed by atoms with Crippen LogP contribution in [0.15, 0.2) is 12.3 Å². The van der Waals surface area contributed by atoms with Crippen molar-refractivity contribution in [2.24, 2.45) is 0 Å². The first-order valence-electron chi connectivity index (χ1n) is 8.26. The second-order valence-electron chi connectivity index (χ2n) is 7.52. The minimum atomic E-state index is 0.0707. The van der Waals surface area contributed by atoms with Crippen LogP contribution < -0.4 is 4.90 Å². The molecule has 0 aliphatic heterocycles. The minimum absolute atomic E-state index is 0.0707. The fourth-order valence-electron chi connectivity index (χ4n) is 3.48. The average Bonchev–Trinajstić information content (AvgIpc) is 2.40. The van der Waals surface area contributed by atoms with Crippen molar-refractivity contribution >= 4 is 17.3 Å². The lowest BCUT2D eigenvalue weighted by Gasteiger charge is -2.45. The van der Waals surface area contributed by atoms with Gasteiger partial charge in [0.1, 0.15) is 0 Å². The predicted octanol–water partition coefficient (Wildman–Crippen LogP) is 5.80. The smallest absolute Gasteiger partial charge is 0.0857 e. The summed E-state index contributed by atoms with van der Waals surface area (Å²) in [5.74, 6) is 0.352. The van der Waals surface area contributed by atoms with Gasteiger partial charge in [0.15, 0.2) is 0 Å². The number of rotatable bonds is 3. The first-order valence-corrected chi connectivity index (χ1v) is 8.64. The number of pyridine rings is 1. The standard InChI is InChI=1S/C18H29ClN2/c1-13(2)17-16(19)15(11-12-20-17)21(18(3,4)5)14-9-7-6-8-10-14/h11-14H,6-10H2,1-5H3. The van der Waals surface area contributed by atoms with Crippen molar-refractivity contribution in [2.75, 3.05) is 4.90 Å². The molecular formula is C18H29ClN2. The van der Waals surface area contributed by atoms with Crippen LogP contribution in [0.1, 0.15) is 78.3 Å². The van der Waals surface area contributed by atoms with Crippen LogP contribution in [0.5, 0.6) is 0 Å². The van der Waals surface area contributed by atoms with E-state index in [1.165, 1.54) is 32.1 Å². The van der Waals surface area contributed by atoms with Crippen molar-refractivity contribution in [1.82, 2.24) is 4.98 Å². The molecule has 1 fully saturated rings. The molecule has 1 aliphatic rings. The molecule has 2 nitrogen and oxygen atoms in total. The number of aromatic nitrogens is 1. The Kier molecular flexibility index (Phi) is 5.19. The van der Waals surface area contributed by atoms with Gasteiger partial charge in [0.2, 0.25) is 0 Å². The van der Waals surface area contributed by atoms with Crippen LogP contribution in [0.25, 0.3) is 0 Å². The van der Waals surface area contributed by atoms with E-state index in [4.69, 9.17) is 11.6 Å². The van der Waals surface area contributed by atoms with E-state index in [0.29, 0.717) is 12.0 Å². The first-order chi connectivity index (χ1) is 9.82. The van der Waals surface area contributed by atoms with Gasteiger partial charge in [0.05, 0.1) is 16.4 Å². The third-order valence-electron chi connectivity index (χ3n) is 4.36. The maximum absolute atomic E-state index is 6.72. The molecule has 1 aromatic heterocycles. The first kappa shape index (κ1) is 16.6. The van der Waals surface area contributed by atoms with Crippen molar-refractivity contribution in [3.8, 4) is 0 Å². The lowest BCUT2D eigenvalue weighted by molar-refractivity contribution is 0.354. The maximum Gasteiger partial charge on any atom is 0.0857 e. The molecule has 118 valence electrons. The van der Waals surface area contributed by atoms with E-state index in [0.717, 1.165) is 16.4 Å². The highest BCUT2D eigenvalue weighted by Crippen LogP contribution is 2.39. The van der Waals surface area contributed by atoms with E-state index >= 15 is 0 Å². The zero-order chi connectivity index (χ0) is 15.6. The van der Waals surface area contributed by atoms with Crippen LogP contribution >= 0.6 is 11.6 Å². The SMILES string of the molecule is CC(C)c1nccc(N(C2CCCCC2)C(C)(C)C)c1Cl. The molecular weight excluding hydrogens is 280 g/mol. The molecule has 0 saturated heterocycles. The number of hydrogen-bond acceptors (Lipinski definition) is 2. The van der Waals surface area contributed by atoms with Gasteiger partial charge in [0, 0.05) is 17.8 Å². The Morgan fingerprint density at radius 3 is 2.33 bits per heavy atom. The van der Waals surface area contributed by atoms with Crippen molar-refractivity contribution in [3.05, 3.63) is 23.0 Å². The quantitative estimate of drug-likeness (QED) is 0.702. The minimum Gasteiger partial charge on any atom is -0.362 e. The summed E-state index contributed by atoms with van der Waals surface area (Å²) < 4.78 is 0. The molecule has 0 aromatic carbocycles. The molecule has 1 heterocycles. The molecule has 0 bridgehead atoms. The topological polar surface area (TPSA) is 16.1 Å². The molecule has 21 heavy (non-hydrogen) atoms. The monoisotopic (exact) mass is 308 g/mol. The van der Waals surface area contributed by atoms with Gasteiger partial charge in [-0.05, 0) is 45.6 Å². The number of halogens is 1. The number of nitrogens with zero attached hydrogens (tertiary/aromatic N) is 2. The Labute approximate surface area is 134 Å². The molecule has 0 amide bonds. The third kappa shape index (κ3) is 3.71. The van der Waals surface area contributed by atoms with Crippen LogP contribution in [0.3, 0.4) is 0 Å². The largest absolute Gasteiger partial charge is 0.362 e. The molecule has 1 saturated carbocycles. The summed E-state index contributed by atoms with van der Waals surface area (Å²) in [5, 5.41) is 0.841. The van der Waals surface area contributed by atoms with Crippen molar-refractivity contribution in [3.63, 3.8) is 0 Å². The van der Waals surface area contributed by atoms with Crippen molar-refractivity contribution in [2.45, 2.75) is 84.2 Å². The fourth-order valence-corrected chi connectivity index (χ4v) is 3.90. The summed E-state index contributed by atoms with van der Waals surface area (Å²) in [6.45, 7) is 11.2. The molecule has 2 rings (SSSR count). The van der Waals surface area contributed by atoms with Gasteiger partial charge in [-0.15, -0.1) is 0 Å². The molecule has 0 N–H and O–H groups in total. The van der Waals surface area contributed by atoms with Gasteiger partial charge >= 0.3 is 0 Å². The zero-order valence-electron chi connectivity index (χ0n) is 14.1. The van der Waals surface area contributed by atoms with E-state index in [-0.39, 0.29) is 5.54 Å². The Morgan fingerprint density at radius 2 is 1.81 bits per heavy atom. The van der Waals surface area contributed by atoms with Crippen LogP contribution in [0, 0.1) is 0 Å².